The van der Waals surface area contributed by atoms with E-state index in [1.54, 1.807) is 13.2 Å². The van der Waals surface area contributed by atoms with E-state index < -0.39 is 0 Å². The fourth-order valence-electron chi connectivity index (χ4n) is 1.72. The van der Waals surface area contributed by atoms with Crippen molar-refractivity contribution in [2.45, 2.75) is 31.8 Å². The van der Waals surface area contributed by atoms with Gasteiger partial charge in [0.2, 0.25) is 0 Å². The molecular weight excluding hydrogens is 193 g/mol. The molecule has 0 unspecified atom stereocenters. The Balaban J connectivity index is 1.96. The molecule has 0 bridgehead atoms. The lowest BCUT2D eigenvalue weighted by Crippen LogP contribution is -2.34. The topological polar surface area (TPSA) is 21.3 Å². The average Bonchev–Trinajstić information content (AvgIpc) is 2.14. The van der Waals surface area contributed by atoms with Crippen LogP contribution in [0.25, 0.3) is 0 Å². The Morgan fingerprint density at radius 3 is 2.80 bits per heavy atom. The van der Waals surface area contributed by atoms with Crippen LogP contribution in [0.3, 0.4) is 0 Å². The van der Waals surface area contributed by atoms with E-state index in [-0.39, 0.29) is 5.82 Å². The summed E-state index contributed by atoms with van der Waals surface area (Å²) >= 11 is 0. The van der Waals surface area contributed by atoms with E-state index in [0.29, 0.717) is 11.8 Å². The van der Waals surface area contributed by atoms with Gasteiger partial charge in [-0.1, -0.05) is 6.42 Å². The van der Waals surface area contributed by atoms with Crippen molar-refractivity contribution >= 4 is 0 Å². The molecule has 0 aliphatic heterocycles. The molecule has 2 rings (SSSR count). The van der Waals surface area contributed by atoms with Crippen LogP contribution in [-0.4, -0.2) is 13.2 Å². The molecule has 1 fully saturated rings. The molecule has 2 nitrogen and oxygen atoms in total. The van der Waals surface area contributed by atoms with E-state index in [1.807, 2.05) is 6.07 Å². The Morgan fingerprint density at radius 1 is 1.40 bits per heavy atom. The molecule has 0 spiro atoms. The van der Waals surface area contributed by atoms with Crippen molar-refractivity contribution in [2.24, 2.45) is 0 Å². The summed E-state index contributed by atoms with van der Waals surface area (Å²) < 4.78 is 18.1. The van der Waals surface area contributed by atoms with Gasteiger partial charge in [-0.3, -0.25) is 0 Å². The van der Waals surface area contributed by atoms with Crippen LogP contribution in [0.2, 0.25) is 0 Å². The predicted molar refractivity (Wildman–Crippen MR) is 57.4 cm³/mol. The lowest BCUT2D eigenvalue weighted by Gasteiger charge is -2.26. The highest BCUT2D eigenvalue weighted by Crippen LogP contribution is 2.20. The van der Waals surface area contributed by atoms with Crippen LogP contribution in [0.1, 0.15) is 24.8 Å². The number of hydrogen-bond acceptors (Lipinski definition) is 2. The van der Waals surface area contributed by atoms with Crippen LogP contribution < -0.4 is 10.1 Å². The molecule has 1 saturated carbocycles. The second-order valence-electron chi connectivity index (χ2n) is 4.01. The van der Waals surface area contributed by atoms with Gasteiger partial charge in [0, 0.05) is 18.7 Å². The highest BCUT2D eigenvalue weighted by molar-refractivity contribution is 5.29. The van der Waals surface area contributed by atoms with Crippen LogP contribution in [0.5, 0.6) is 5.75 Å². The largest absolute Gasteiger partial charge is 0.497 e. The first-order chi connectivity index (χ1) is 7.28. The summed E-state index contributed by atoms with van der Waals surface area (Å²) in [5.41, 5.74) is 0.943. The van der Waals surface area contributed by atoms with Crippen LogP contribution in [0.4, 0.5) is 4.39 Å². The third kappa shape index (κ3) is 2.69. The quantitative estimate of drug-likeness (QED) is 0.822. The van der Waals surface area contributed by atoms with E-state index in [9.17, 15) is 4.39 Å². The van der Waals surface area contributed by atoms with E-state index in [1.165, 1.54) is 25.3 Å². The highest BCUT2D eigenvalue weighted by atomic mass is 19.1. The molecule has 15 heavy (non-hydrogen) atoms. The normalized spacial score (nSPS) is 16.1. The number of halogens is 1. The number of rotatable bonds is 4. The summed E-state index contributed by atoms with van der Waals surface area (Å²) in [6.45, 7) is 0.721. The second kappa shape index (κ2) is 4.62. The van der Waals surface area contributed by atoms with Crippen molar-refractivity contribution in [3.63, 3.8) is 0 Å². The minimum Gasteiger partial charge on any atom is -0.497 e. The van der Waals surface area contributed by atoms with Crippen LogP contribution in [-0.2, 0) is 6.54 Å². The summed E-state index contributed by atoms with van der Waals surface area (Å²) in [4.78, 5) is 0. The molecule has 1 aromatic carbocycles. The lowest BCUT2D eigenvalue weighted by atomic mass is 9.93. The van der Waals surface area contributed by atoms with Gasteiger partial charge < -0.3 is 10.1 Å². The van der Waals surface area contributed by atoms with E-state index in [0.717, 1.165) is 12.1 Å². The lowest BCUT2D eigenvalue weighted by molar-refractivity contribution is 0.337. The Bertz CT molecular complexity index is 336. The van der Waals surface area contributed by atoms with Crippen LogP contribution in [0.15, 0.2) is 18.2 Å². The average molecular weight is 209 g/mol. The molecule has 1 aliphatic rings. The van der Waals surface area contributed by atoms with Gasteiger partial charge in [-0.25, -0.2) is 4.39 Å². The van der Waals surface area contributed by atoms with Crippen molar-refractivity contribution < 1.29 is 9.13 Å². The number of ether oxygens (including phenoxy) is 1. The molecule has 0 amide bonds. The first-order valence-electron chi connectivity index (χ1n) is 5.35. The van der Waals surface area contributed by atoms with E-state index >= 15 is 0 Å². The van der Waals surface area contributed by atoms with Gasteiger partial charge in [-0.15, -0.1) is 0 Å². The number of benzene rings is 1. The zero-order valence-corrected chi connectivity index (χ0v) is 8.92. The van der Waals surface area contributed by atoms with Gasteiger partial charge in [0.05, 0.1) is 7.11 Å². The van der Waals surface area contributed by atoms with Gasteiger partial charge >= 0.3 is 0 Å². The summed E-state index contributed by atoms with van der Waals surface area (Å²) in [7, 11) is 1.55. The number of methoxy groups -OCH3 is 1. The Kier molecular flexibility index (Phi) is 3.21. The Morgan fingerprint density at radius 2 is 2.20 bits per heavy atom. The van der Waals surface area contributed by atoms with Crippen LogP contribution >= 0.6 is 0 Å². The molecular formula is C12H16FNO. The van der Waals surface area contributed by atoms with E-state index in [2.05, 4.69) is 5.32 Å². The molecule has 0 atom stereocenters. The Labute approximate surface area is 89.4 Å². The molecule has 82 valence electrons. The third-order valence-electron chi connectivity index (χ3n) is 2.87. The molecule has 0 heterocycles. The van der Waals surface area contributed by atoms with Gasteiger partial charge in [0.25, 0.3) is 0 Å². The maximum atomic E-state index is 13.1. The number of nitrogens with one attached hydrogen (secondary N) is 1. The summed E-state index contributed by atoms with van der Waals surface area (Å²) in [5.74, 6) is 0.347. The van der Waals surface area contributed by atoms with Gasteiger partial charge in [-0.05, 0) is 30.5 Å². The fourth-order valence-corrected chi connectivity index (χ4v) is 1.72. The van der Waals surface area contributed by atoms with Crippen molar-refractivity contribution in [1.29, 1.82) is 0 Å². The van der Waals surface area contributed by atoms with E-state index in [4.69, 9.17) is 4.74 Å². The maximum Gasteiger partial charge on any atom is 0.127 e. The molecule has 0 aromatic heterocycles. The SMILES string of the molecule is COc1cc(F)cc(CNC2CCC2)c1. The van der Waals surface area contributed by atoms with Gasteiger partial charge in [0.15, 0.2) is 0 Å². The summed E-state index contributed by atoms with van der Waals surface area (Å²) in [5, 5.41) is 3.39. The minimum absolute atomic E-state index is 0.236. The zero-order chi connectivity index (χ0) is 10.7. The smallest absolute Gasteiger partial charge is 0.127 e. The summed E-state index contributed by atoms with van der Waals surface area (Å²) in [6.07, 6.45) is 3.79. The first kappa shape index (κ1) is 10.4. The molecule has 0 radical (unpaired) electrons. The van der Waals surface area contributed by atoms with Crippen molar-refractivity contribution in [3.8, 4) is 5.75 Å². The third-order valence-corrected chi connectivity index (χ3v) is 2.87. The van der Waals surface area contributed by atoms with Crippen molar-refractivity contribution in [1.82, 2.24) is 5.32 Å². The molecule has 1 aliphatic carbocycles. The predicted octanol–water partition coefficient (Wildman–Crippen LogP) is 2.48. The number of hydrogen-bond donors (Lipinski definition) is 1. The standard InChI is InChI=1S/C12H16FNO/c1-15-12-6-9(5-10(13)7-12)8-14-11-3-2-4-11/h5-7,11,14H,2-4,8H2,1H3. The second-order valence-corrected chi connectivity index (χ2v) is 4.01. The maximum absolute atomic E-state index is 13.1. The molecule has 3 heteroatoms. The first-order valence-corrected chi connectivity index (χ1v) is 5.35. The monoisotopic (exact) mass is 209 g/mol. The molecule has 1 N–H and O–H groups in total. The fraction of sp³-hybridized carbons (Fsp3) is 0.500. The highest BCUT2D eigenvalue weighted by Gasteiger charge is 2.16. The zero-order valence-electron chi connectivity index (χ0n) is 8.92. The van der Waals surface area contributed by atoms with Gasteiger partial charge in [0.1, 0.15) is 11.6 Å². The molecule has 1 aromatic rings. The summed E-state index contributed by atoms with van der Waals surface area (Å²) in [6, 6.07) is 5.44. The van der Waals surface area contributed by atoms with Crippen molar-refractivity contribution in [3.05, 3.63) is 29.6 Å². The minimum atomic E-state index is -0.236. The van der Waals surface area contributed by atoms with Crippen LogP contribution in [0, 0.1) is 5.82 Å². The molecule has 0 saturated heterocycles. The Hall–Kier alpha value is -1.09. The van der Waals surface area contributed by atoms with Crippen molar-refractivity contribution in [2.75, 3.05) is 7.11 Å². The van der Waals surface area contributed by atoms with Gasteiger partial charge in [-0.2, -0.15) is 0 Å².